The van der Waals surface area contributed by atoms with Crippen LogP contribution in [-0.2, 0) is 25.6 Å². The van der Waals surface area contributed by atoms with Crippen molar-refractivity contribution in [2.75, 3.05) is 33.1 Å². The number of likely N-dealkylation sites (N-methyl/N-ethyl adjacent to an activating group) is 1. The smallest absolute Gasteiger partial charge is 0.238 e. The first-order chi connectivity index (χ1) is 18.2. The predicted molar refractivity (Wildman–Crippen MR) is 142 cm³/mol. The number of phenolic OH excluding ortho intramolecular Hbond substituents is 1. The molecule has 210 valence electrons. The van der Waals surface area contributed by atoms with Gasteiger partial charge >= 0.3 is 0 Å². The minimum Gasteiger partial charge on any atom is -0.507 e. The third-order valence-corrected chi connectivity index (χ3v) is 9.51. The number of aromatic hydroxyl groups is 1. The summed E-state index contributed by atoms with van der Waals surface area (Å²) in [6.45, 7) is 1.86. The van der Waals surface area contributed by atoms with E-state index in [0.29, 0.717) is 18.4 Å². The lowest BCUT2D eigenvalue weighted by molar-refractivity contribution is -0.181. The highest BCUT2D eigenvalue weighted by molar-refractivity contribution is 6.32. The van der Waals surface area contributed by atoms with Gasteiger partial charge < -0.3 is 20.4 Å². The Morgan fingerprint density at radius 3 is 2.26 bits per heavy atom. The zero-order valence-electron chi connectivity index (χ0n) is 23.1. The lowest BCUT2D eigenvalue weighted by Crippen LogP contribution is -2.74. The summed E-state index contributed by atoms with van der Waals surface area (Å²) in [6.07, 6.45) is 3.54. The van der Waals surface area contributed by atoms with Gasteiger partial charge in [0.15, 0.2) is 34.7 Å². The van der Waals surface area contributed by atoms with Crippen LogP contribution in [-0.4, -0.2) is 89.5 Å². The van der Waals surface area contributed by atoms with Crippen molar-refractivity contribution in [2.45, 2.75) is 62.6 Å². The van der Waals surface area contributed by atoms with Gasteiger partial charge in [0.05, 0.1) is 17.5 Å². The Kier molecular flexibility index (Phi) is 6.50. The Morgan fingerprint density at radius 2 is 1.67 bits per heavy atom. The Labute approximate surface area is 227 Å². The zero-order valence-corrected chi connectivity index (χ0v) is 23.1. The zero-order chi connectivity index (χ0) is 28.6. The molecule has 0 bridgehead atoms. The molecule has 3 N–H and O–H groups in total. The van der Waals surface area contributed by atoms with Crippen LogP contribution in [0, 0.1) is 23.7 Å². The standard InChI is InChI=1S/C29H37N3O7/c1-28(10-6-7-11-28)30-27(38)21-24(35)22(32(4)5)16-13-14-12-15-17(31(2)3)8-9-18(33)20(15)23(34)19(14)25(36)29(16,39)26(21)37/h8-9,14,16,19,21-22,33,39H,6-7,10-13H2,1-5H3,(H,30,38)/t14-,16-,19?,21?,22-,29-/m0/s1. The van der Waals surface area contributed by atoms with E-state index >= 15 is 0 Å². The van der Waals surface area contributed by atoms with Crippen molar-refractivity contribution in [1.82, 2.24) is 10.2 Å². The normalized spacial score (nSPS) is 33.5. The van der Waals surface area contributed by atoms with Gasteiger partial charge in [-0.1, -0.05) is 12.8 Å². The second-order valence-corrected chi connectivity index (χ2v) is 12.5. The summed E-state index contributed by atoms with van der Waals surface area (Å²) in [7, 11) is 6.86. The first kappa shape index (κ1) is 27.5. The third-order valence-electron chi connectivity index (χ3n) is 9.51. The molecule has 10 heteroatoms. The van der Waals surface area contributed by atoms with Crippen molar-refractivity contribution in [2.24, 2.45) is 23.7 Å². The van der Waals surface area contributed by atoms with Gasteiger partial charge in [-0.3, -0.25) is 28.9 Å². The lowest BCUT2D eigenvalue weighted by Gasteiger charge is -2.52. The predicted octanol–water partition coefficient (Wildman–Crippen LogP) is 0.897. The quantitative estimate of drug-likeness (QED) is 0.475. The van der Waals surface area contributed by atoms with E-state index in [1.807, 2.05) is 25.9 Å². The Morgan fingerprint density at radius 1 is 1.03 bits per heavy atom. The number of fused-ring (bicyclic) bond motifs is 3. The maximum absolute atomic E-state index is 14.1. The van der Waals surface area contributed by atoms with Gasteiger partial charge in [-0.05, 0) is 70.3 Å². The minimum absolute atomic E-state index is 0.0183. The summed E-state index contributed by atoms with van der Waals surface area (Å²) in [5.74, 6) is -9.39. The molecule has 6 atom stereocenters. The molecule has 1 amide bonds. The fourth-order valence-electron chi connectivity index (χ4n) is 7.64. The molecule has 0 heterocycles. The molecule has 0 aliphatic heterocycles. The van der Waals surface area contributed by atoms with Crippen LogP contribution >= 0.6 is 0 Å². The van der Waals surface area contributed by atoms with Crippen molar-refractivity contribution in [3.63, 3.8) is 0 Å². The summed E-state index contributed by atoms with van der Waals surface area (Å²) in [5.41, 5.74) is -1.91. The number of aliphatic hydroxyl groups is 1. The SMILES string of the molecule is CN(C)c1ccc(O)c2c1C[C@H]1C[C@H]3[C@H](N(C)C)C(=O)C(C(=O)NC4(C)CCCC4)C(=O)[C@@]3(O)C(=O)C1C2=O. The lowest BCUT2D eigenvalue weighted by atomic mass is 9.52. The van der Waals surface area contributed by atoms with E-state index in [2.05, 4.69) is 5.32 Å². The summed E-state index contributed by atoms with van der Waals surface area (Å²) >= 11 is 0. The average molecular weight is 540 g/mol. The number of hydrogen-bond donors (Lipinski definition) is 3. The monoisotopic (exact) mass is 539 g/mol. The Hall–Kier alpha value is -3.11. The highest BCUT2D eigenvalue weighted by Gasteiger charge is 2.69. The summed E-state index contributed by atoms with van der Waals surface area (Å²) in [6, 6.07) is 2.03. The van der Waals surface area contributed by atoms with Gasteiger partial charge in [-0.2, -0.15) is 0 Å². The van der Waals surface area contributed by atoms with E-state index in [1.165, 1.54) is 6.07 Å². The molecule has 0 radical (unpaired) electrons. The van der Waals surface area contributed by atoms with Crippen LogP contribution in [0.15, 0.2) is 12.1 Å². The van der Waals surface area contributed by atoms with Crippen LogP contribution in [0.1, 0.15) is 54.9 Å². The highest BCUT2D eigenvalue weighted by Crippen LogP contribution is 2.51. The largest absolute Gasteiger partial charge is 0.507 e. The first-order valence-electron chi connectivity index (χ1n) is 13.6. The molecule has 1 aromatic carbocycles. The molecule has 3 saturated carbocycles. The number of amides is 1. The van der Waals surface area contributed by atoms with Crippen molar-refractivity contribution in [1.29, 1.82) is 0 Å². The number of benzene rings is 1. The molecule has 39 heavy (non-hydrogen) atoms. The number of nitrogens with one attached hydrogen (secondary N) is 1. The molecule has 0 aromatic heterocycles. The molecule has 4 aliphatic carbocycles. The number of carbonyl (C=O) groups is 5. The number of carbonyl (C=O) groups excluding carboxylic acids is 5. The van der Waals surface area contributed by atoms with Gasteiger partial charge in [0, 0.05) is 31.2 Å². The number of anilines is 1. The van der Waals surface area contributed by atoms with Crippen molar-refractivity contribution in [3.05, 3.63) is 23.3 Å². The van der Waals surface area contributed by atoms with Crippen LogP contribution in [0.4, 0.5) is 5.69 Å². The number of phenols is 1. The van der Waals surface area contributed by atoms with E-state index in [9.17, 15) is 34.2 Å². The topological polar surface area (TPSA) is 144 Å². The number of ketones is 4. The molecule has 3 fully saturated rings. The summed E-state index contributed by atoms with van der Waals surface area (Å²) in [4.78, 5) is 72.3. The number of nitrogens with zero attached hydrogens (tertiary/aromatic N) is 2. The molecule has 2 unspecified atom stereocenters. The van der Waals surface area contributed by atoms with E-state index < -0.39 is 69.9 Å². The maximum atomic E-state index is 14.1. The fourth-order valence-corrected chi connectivity index (χ4v) is 7.64. The van der Waals surface area contributed by atoms with Crippen LogP contribution in [0.2, 0.25) is 0 Å². The Balaban J connectivity index is 1.58. The summed E-state index contributed by atoms with van der Waals surface area (Å²) < 4.78 is 0. The van der Waals surface area contributed by atoms with E-state index in [0.717, 1.165) is 18.5 Å². The molecule has 0 saturated heterocycles. The number of hydrogen-bond acceptors (Lipinski definition) is 9. The fraction of sp³-hybridized carbons (Fsp3) is 0.621. The van der Waals surface area contributed by atoms with Gasteiger partial charge in [-0.25, -0.2) is 0 Å². The molecule has 1 aromatic rings. The highest BCUT2D eigenvalue weighted by atomic mass is 16.3. The second kappa shape index (κ2) is 9.23. The Bertz CT molecular complexity index is 1280. The van der Waals surface area contributed by atoms with E-state index in [4.69, 9.17) is 0 Å². The molecular formula is C29H37N3O7. The first-order valence-corrected chi connectivity index (χ1v) is 13.6. The second-order valence-electron chi connectivity index (χ2n) is 12.5. The van der Waals surface area contributed by atoms with Crippen LogP contribution < -0.4 is 10.2 Å². The molecule has 0 spiro atoms. The van der Waals surface area contributed by atoms with Gasteiger partial charge in [0.2, 0.25) is 5.91 Å². The average Bonchev–Trinajstić information content (AvgIpc) is 3.26. The van der Waals surface area contributed by atoms with Crippen LogP contribution in [0.25, 0.3) is 0 Å². The third kappa shape index (κ3) is 3.94. The van der Waals surface area contributed by atoms with E-state index in [1.54, 1.807) is 25.1 Å². The van der Waals surface area contributed by atoms with Crippen molar-refractivity contribution < 1.29 is 34.2 Å². The number of rotatable bonds is 4. The van der Waals surface area contributed by atoms with E-state index in [-0.39, 0.29) is 24.2 Å². The molecule has 10 nitrogen and oxygen atoms in total. The van der Waals surface area contributed by atoms with Crippen molar-refractivity contribution in [3.8, 4) is 5.75 Å². The van der Waals surface area contributed by atoms with Gasteiger partial charge in [0.25, 0.3) is 0 Å². The van der Waals surface area contributed by atoms with Crippen LogP contribution in [0.5, 0.6) is 5.75 Å². The number of Topliss-reactive ketones (excluding diaryl/α,β-unsaturated/α-hetero) is 4. The van der Waals surface area contributed by atoms with Crippen LogP contribution in [0.3, 0.4) is 0 Å². The minimum atomic E-state index is -2.68. The molecule has 5 rings (SSSR count). The van der Waals surface area contributed by atoms with Crippen molar-refractivity contribution >= 4 is 34.7 Å². The summed E-state index contributed by atoms with van der Waals surface area (Å²) in [5, 5.41) is 25.4. The maximum Gasteiger partial charge on any atom is 0.238 e. The van der Waals surface area contributed by atoms with Gasteiger partial charge in [0.1, 0.15) is 5.75 Å². The molecule has 4 aliphatic rings. The van der Waals surface area contributed by atoms with Gasteiger partial charge in [-0.15, -0.1) is 0 Å². The molecular weight excluding hydrogens is 502 g/mol.